The Bertz CT molecular complexity index is 417. The summed E-state index contributed by atoms with van der Waals surface area (Å²) in [6.45, 7) is 2.79. The fraction of sp³-hybridized carbons (Fsp3) is 0.455. The predicted octanol–water partition coefficient (Wildman–Crippen LogP) is 1.53. The second kappa shape index (κ2) is 5.09. The summed E-state index contributed by atoms with van der Waals surface area (Å²) in [5, 5.41) is 14.1. The first-order valence-electron chi connectivity index (χ1n) is 5.58. The topological polar surface area (TPSA) is 58.4 Å². The summed E-state index contributed by atoms with van der Waals surface area (Å²) in [4.78, 5) is 12.1. The number of rotatable bonds is 2. The zero-order valence-electron chi connectivity index (χ0n) is 9.36. The van der Waals surface area contributed by atoms with E-state index in [9.17, 15) is 14.5 Å². The number of benzene rings is 1. The van der Waals surface area contributed by atoms with Gasteiger partial charge in [-0.15, -0.1) is 0 Å². The van der Waals surface area contributed by atoms with Crippen LogP contribution in [-0.4, -0.2) is 31.1 Å². The molecule has 1 aliphatic heterocycles. The molecule has 1 heterocycles. The average molecular weight is 239 g/mol. The van der Waals surface area contributed by atoms with Crippen LogP contribution in [0.2, 0.25) is 0 Å². The van der Waals surface area contributed by atoms with Crippen LogP contribution in [0.4, 0.5) is 15.8 Å². The van der Waals surface area contributed by atoms with Crippen LogP contribution in [0.15, 0.2) is 18.2 Å². The third-order valence-corrected chi connectivity index (χ3v) is 2.82. The van der Waals surface area contributed by atoms with Crippen molar-refractivity contribution >= 4 is 11.4 Å². The minimum Gasteiger partial charge on any atom is -0.362 e. The van der Waals surface area contributed by atoms with Crippen molar-refractivity contribution in [2.24, 2.45) is 0 Å². The summed E-state index contributed by atoms with van der Waals surface area (Å²) in [7, 11) is 0. The predicted molar refractivity (Wildman–Crippen MR) is 62.8 cm³/mol. The van der Waals surface area contributed by atoms with Gasteiger partial charge in [0.25, 0.3) is 5.69 Å². The number of halogens is 1. The molecule has 0 bridgehead atoms. The normalized spacial score (nSPS) is 16.6. The summed E-state index contributed by atoms with van der Waals surface area (Å²) < 4.78 is 13.8. The van der Waals surface area contributed by atoms with E-state index in [2.05, 4.69) is 5.32 Å². The summed E-state index contributed by atoms with van der Waals surface area (Å²) in [6.07, 6.45) is 0.853. The summed E-state index contributed by atoms with van der Waals surface area (Å²) >= 11 is 0. The molecule has 0 saturated carbocycles. The summed E-state index contributed by atoms with van der Waals surface area (Å²) in [6, 6.07) is 3.98. The highest BCUT2D eigenvalue weighted by Gasteiger charge is 2.23. The van der Waals surface area contributed by atoms with E-state index in [1.54, 1.807) is 4.90 Å². The molecule has 1 saturated heterocycles. The SMILES string of the molecule is O=[N+]([O-])c1cccc(F)c1N1CCCNCC1. The van der Waals surface area contributed by atoms with Gasteiger partial charge in [-0.2, -0.15) is 0 Å². The molecule has 0 unspecified atom stereocenters. The number of nitro groups is 1. The first-order valence-corrected chi connectivity index (χ1v) is 5.58. The van der Waals surface area contributed by atoms with Crippen LogP contribution in [0, 0.1) is 15.9 Å². The summed E-state index contributed by atoms with van der Waals surface area (Å²) in [5.74, 6) is -0.527. The molecule has 0 spiro atoms. The van der Waals surface area contributed by atoms with Gasteiger partial charge in [-0.3, -0.25) is 10.1 Å². The van der Waals surface area contributed by atoms with Gasteiger partial charge >= 0.3 is 0 Å². The lowest BCUT2D eigenvalue weighted by Crippen LogP contribution is -2.29. The molecule has 0 radical (unpaired) electrons. The molecule has 6 heteroatoms. The first-order chi connectivity index (χ1) is 8.20. The van der Waals surface area contributed by atoms with Crippen molar-refractivity contribution in [2.75, 3.05) is 31.1 Å². The molecule has 0 aromatic heterocycles. The van der Waals surface area contributed by atoms with E-state index in [1.165, 1.54) is 18.2 Å². The molecule has 1 aromatic rings. The zero-order chi connectivity index (χ0) is 12.3. The standard InChI is InChI=1S/C11H14FN3O2/c12-9-3-1-4-10(15(16)17)11(9)14-7-2-5-13-6-8-14/h1,3-4,13H,2,5-8H2. The largest absolute Gasteiger partial charge is 0.362 e. The number of nitrogens with one attached hydrogen (secondary N) is 1. The van der Waals surface area contributed by atoms with E-state index < -0.39 is 10.7 Å². The third kappa shape index (κ3) is 2.52. The zero-order valence-corrected chi connectivity index (χ0v) is 9.36. The van der Waals surface area contributed by atoms with Gasteiger partial charge in [0.2, 0.25) is 0 Å². The van der Waals surface area contributed by atoms with E-state index in [1.807, 2.05) is 0 Å². The molecular formula is C11H14FN3O2. The van der Waals surface area contributed by atoms with Gasteiger partial charge in [0.05, 0.1) is 4.92 Å². The van der Waals surface area contributed by atoms with Gasteiger partial charge in [-0.1, -0.05) is 6.07 Å². The lowest BCUT2D eigenvalue weighted by Gasteiger charge is -2.22. The minimum absolute atomic E-state index is 0.112. The van der Waals surface area contributed by atoms with Crippen LogP contribution < -0.4 is 10.2 Å². The summed E-state index contributed by atoms with van der Waals surface area (Å²) in [5.41, 5.74) is -0.0481. The Balaban J connectivity index is 2.37. The molecule has 1 aromatic carbocycles. The van der Waals surface area contributed by atoms with Gasteiger partial charge in [-0.05, 0) is 19.0 Å². The third-order valence-electron chi connectivity index (χ3n) is 2.82. The van der Waals surface area contributed by atoms with E-state index in [4.69, 9.17) is 0 Å². The molecule has 0 amide bonds. The Morgan fingerprint density at radius 3 is 2.94 bits per heavy atom. The van der Waals surface area contributed by atoms with E-state index in [-0.39, 0.29) is 11.4 Å². The second-order valence-corrected chi connectivity index (χ2v) is 3.96. The van der Waals surface area contributed by atoms with Crippen molar-refractivity contribution in [2.45, 2.75) is 6.42 Å². The molecule has 0 aliphatic carbocycles. The number of hydrogen-bond donors (Lipinski definition) is 1. The first kappa shape index (κ1) is 11.8. The maximum absolute atomic E-state index is 13.8. The number of para-hydroxylation sites is 1. The molecule has 1 N–H and O–H groups in total. The Kier molecular flexibility index (Phi) is 3.53. The average Bonchev–Trinajstić information content (AvgIpc) is 2.57. The van der Waals surface area contributed by atoms with E-state index in [0.717, 1.165) is 13.0 Å². The molecule has 17 heavy (non-hydrogen) atoms. The monoisotopic (exact) mass is 239 g/mol. The van der Waals surface area contributed by atoms with Crippen LogP contribution in [0.3, 0.4) is 0 Å². The van der Waals surface area contributed by atoms with Gasteiger partial charge in [0.1, 0.15) is 0 Å². The van der Waals surface area contributed by atoms with E-state index >= 15 is 0 Å². The van der Waals surface area contributed by atoms with Crippen molar-refractivity contribution in [1.29, 1.82) is 0 Å². The van der Waals surface area contributed by atoms with E-state index in [0.29, 0.717) is 19.6 Å². The fourth-order valence-corrected chi connectivity index (χ4v) is 2.03. The van der Waals surface area contributed by atoms with Crippen LogP contribution in [0.25, 0.3) is 0 Å². The molecule has 1 fully saturated rings. The highest BCUT2D eigenvalue weighted by Crippen LogP contribution is 2.31. The molecule has 1 aliphatic rings. The smallest absolute Gasteiger partial charge is 0.295 e. The number of anilines is 1. The highest BCUT2D eigenvalue weighted by molar-refractivity contribution is 5.64. The van der Waals surface area contributed by atoms with Crippen LogP contribution in [-0.2, 0) is 0 Å². The van der Waals surface area contributed by atoms with Crippen LogP contribution in [0.5, 0.6) is 0 Å². The Hall–Kier alpha value is -1.69. The van der Waals surface area contributed by atoms with Crippen molar-refractivity contribution in [3.63, 3.8) is 0 Å². The maximum atomic E-state index is 13.8. The molecule has 0 atom stereocenters. The Morgan fingerprint density at radius 1 is 1.35 bits per heavy atom. The molecule has 2 rings (SSSR count). The fourth-order valence-electron chi connectivity index (χ4n) is 2.03. The quantitative estimate of drug-likeness (QED) is 0.628. The molecule has 92 valence electrons. The lowest BCUT2D eigenvalue weighted by molar-refractivity contribution is -0.384. The number of nitro benzene ring substituents is 1. The molecular weight excluding hydrogens is 225 g/mol. The van der Waals surface area contributed by atoms with Gasteiger partial charge in [-0.25, -0.2) is 4.39 Å². The van der Waals surface area contributed by atoms with Crippen molar-refractivity contribution in [3.05, 3.63) is 34.1 Å². The van der Waals surface area contributed by atoms with Crippen molar-refractivity contribution in [1.82, 2.24) is 5.32 Å². The maximum Gasteiger partial charge on any atom is 0.295 e. The Morgan fingerprint density at radius 2 is 2.18 bits per heavy atom. The molecule has 5 nitrogen and oxygen atoms in total. The number of nitrogens with zero attached hydrogens (tertiary/aromatic N) is 2. The van der Waals surface area contributed by atoms with Gasteiger partial charge < -0.3 is 10.2 Å². The van der Waals surface area contributed by atoms with Crippen LogP contribution in [0.1, 0.15) is 6.42 Å². The van der Waals surface area contributed by atoms with Crippen LogP contribution >= 0.6 is 0 Å². The van der Waals surface area contributed by atoms with Crippen molar-refractivity contribution in [3.8, 4) is 0 Å². The lowest BCUT2D eigenvalue weighted by atomic mass is 10.2. The Labute approximate surface area is 98.4 Å². The number of hydrogen-bond acceptors (Lipinski definition) is 4. The second-order valence-electron chi connectivity index (χ2n) is 3.96. The van der Waals surface area contributed by atoms with Crippen molar-refractivity contribution < 1.29 is 9.31 Å². The minimum atomic E-state index is -0.531. The highest BCUT2D eigenvalue weighted by atomic mass is 19.1. The van der Waals surface area contributed by atoms with Gasteiger partial charge in [0, 0.05) is 25.7 Å². The van der Waals surface area contributed by atoms with Gasteiger partial charge in [0.15, 0.2) is 11.5 Å².